The molecule has 2 aromatic rings. The van der Waals surface area contributed by atoms with Crippen molar-refractivity contribution in [1.82, 2.24) is 10.2 Å². The molecular weight excluding hydrogens is 474 g/mol. The summed E-state index contributed by atoms with van der Waals surface area (Å²) in [5.74, 6) is -0.463. The molecule has 0 aliphatic rings. The van der Waals surface area contributed by atoms with Crippen LogP contribution in [-0.4, -0.2) is 50.5 Å². The van der Waals surface area contributed by atoms with Crippen molar-refractivity contribution in [2.45, 2.75) is 52.1 Å². The molecule has 34 heavy (non-hydrogen) atoms. The fraction of sp³-hybridized carbons (Fsp3) is 0.440. The normalized spacial score (nSPS) is 12.1. The Morgan fingerprint density at radius 3 is 2.29 bits per heavy atom. The molecule has 0 unspecified atom stereocenters. The van der Waals surface area contributed by atoms with Crippen molar-refractivity contribution in [1.29, 1.82) is 0 Å². The number of para-hydroxylation sites is 1. The minimum Gasteiger partial charge on any atom is -0.354 e. The third-order valence-corrected chi connectivity index (χ3v) is 7.05. The number of nitrogens with zero attached hydrogens (tertiary/aromatic N) is 2. The summed E-state index contributed by atoms with van der Waals surface area (Å²) in [4.78, 5) is 27.5. The Balaban J connectivity index is 2.13. The van der Waals surface area contributed by atoms with E-state index in [4.69, 9.17) is 11.6 Å². The number of rotatable bonds is 13. The van der Waals surface area contributed by atoms with Gasteiger partial charge < -0.3 is 10.2 Å². The van der Waals surface area contributed by atoms with Gasteiger partial charge in [0.15, 0.2) is 0 Å². The summed E-state index contributed by atoms with van der Waals surface area (Å²) < 4.78 is 25.9. The first-order chi connectivity index (χ1) is 16.1. The molecule has 2 rings (SSSR count). The standard InChI is InChI=1S/C25H34ClN3O4S/c1-4-5-17-27-25(31)20(2)28(19-21-12-9-10-15-23(21)26)24(30)16-11-18-29(34(3,32)33)22-13-7-6-8-14-22/h6-10,12-15,20H,4-5,11,16-19H2,1-3H3,(H,27,31)/t20-/m0/s1. The summed E-state index contributed by atoms with van der Waals surface area (Å²) in [6.07, 6.45) is 3.36. The molecule has 0 aliphatic heterocycles. The number of carbonyl (C=O) groups is 2. The van der Waals surface area contributed by atoms with Gasteiger partial charge in [-0.2, -0.15) is 0 Å². The number of unbranched alkanes of at least 4 members (excludes halogenated alkanes) is 1. The van der Waals surface area contributed by atoms with Gasteiger partial charge in [-0.3, -0.25) is 13.9 Å². The average molecular weight is 508 g/mol. The second-order valence-electron chi connectivity index (χ2n) is 8.21. The molecule has 7 nitrogen and oxygen atoms in total. The van der Waals surface area contributed by atoms with E-state index in [2.05, 4.69) is 5.32 Å². The quantitative estimate of drug-likeness (QED) is 0.411. The Hall–Kier alpha value is -2.58. The average Bonchev–Trinajstić information content (AvgIpc) is 2.80. The van der Waals surface area contributed by atoms with Crippen molar-refractivity contribution >= 4 is 39.1 Å². The minimum atomic E-state index is -3.51. The highest BCUT2D eigenvalue weighted by atomic mass is 35.5. The van der Waals surface area contributed by atoms with Gasteiger partial charge in [-0.15, -0.1) is 0 Å². The lowest BCUT2D eigenvalue weighted by Gasteiger charge is -2.29. The molecule has 0 radical (unpaired) electrons. The van der Waals surface area contributed by atoms with Crippen LogP contribution in [0.15, 0.2) is 54.6 Å². The van der Waals surface area contributed by atoms with Crippen LogP contribution in [0.3, 0.4) is 0 Å². The Labute approximate surface area is 208 Å². The molecule has 0 saturated carbocycles. The van der Waals surface area contributed by atoms with Crippen molar-refractivity contribution in [2.75, 3.05) is 23.7 Å². The van der Waals surface area contributed by atoms with Gasteiger partial charge in [-0.05, 0) is 43.5 Å². The van der Waals surface area contributed by atoms with Crippen LogP contribution in [0.5, 0.6) is 0 Å². The highest BCUT2D eigenvalue weighted by Gasteiger charge is 2.27. The predicted molar refractivity (Wildman–Crippen MR) is 137 cm³/mol. The number of anilines is 1. The van der Waals surface area contributed by atoms with E-state index < -0.39 is 16.1 Å². The fourth-order valence-corrected chi connectivity index (χ4v) is 4.69. The molecule has 1 N–H and O–H groups in total. The molecule has 0 saturated heterocycles. The lowest BCUT2D eigenvalue weighted by atomic mass is 10.1. The van der Waals surface area contributed by atoms with Crippen molar-refractivity contribution in [3.63, 3.8) is 0 Å². The van der Waals surface area contributed by atoms with Crippen LogP contribution < -0.4 is 9.62 Å². The van der Waals surface area contributed by atoms with Crippen molar-refractivity contribution in [3.8, 4) is 0 Å². The maximum atomic E-state index is 13.2. The van der Waals surface area contributed by atoms with E-state index in [0.29, 0.717) is 23.7 Å². The second-order valence-corrected chi connectivity index (χ2v) is 10.5. The number of hydrogen-bond donors (Lipinski definition) is 1. The van der Waals surface area contributed by atoms with Crippen LogP contribution in [0.2, 0.25) is 5.02 Å². The lowest BCUT2D eigenvalue weighted by molar-refractivity contribution is -0.140. The fourth-order valence-electron chi connectivity index (χ4n) is 3.53. The van der Waals surface area contributed by atoms with Crippen LogP contribution >= 0.6 is 11.6 Å². The van der Waals surface area contributed by atoms with E-state index in [1.54, 1.807) is 37.3 Å². The van der Waals surface area contributed by atoms with Gasteiger partial charge in [-0.1, -0.05) is 61.3 Å². The van der Waals surface area contributed by atoms with Crippen LogP contribution in [0, 0.1) is 0 Å². The lowest BCUT2D eigenvalue weighted by Crippen LogP contribution is -2.48. The maximum absolute atomic E-state index is 13.2. The van der Waals surface area contributed by atoms with Gasteiger partial charge in [-0.25, -0.2) is 8.42 Å². The maximum Gasteiger partial charge on any atom is 0.242 e. The number of halogens is 1. The van der Waals surface area contributed by atoms with Crippen LogP contribution in [0.4, 0.5) is 5.69 Å². The Morgan fingerprint density at radius 2 is 1.68 bits per heavy atom. The first-order valence-electron chi connectivity index (χ1n) is 11.5. The van der Waals surface area contributed by atoms with Gasteiger partial charge in [0, 0.05) is 31.1 Å². The zero-order chi connectivity index (χ0) is 25.1. The summed E-state index contributed by atoms with van der Waals surface area (Å²) in [5, 5.41) is 3.40. The number of benzene rings is 2. The number of carbonyl (C=O) groups excluding carboxylic acids is 2. The van der Waals surface area contributed by atoms with E-state index in [0.717, 1.165) is 24.7 Å². The highest BCUT2D eigenvalue weighted by molar-refractivity contribution is 7.92. The summed E-state index contributed by atoms with van der Waals surface area (Å²) >= 11 is 6.31. The van der Waals surface area contributed by atoms with Crippen LogP contribution in [0.25, 0.3) is 0 Å². The molecule has 186 valence electrons. The zero-order valence-electron chi connectivity index (χ0n) is 20.0. The topological polar surface area (TPSA) is 86.8 Å². The van der Waals surface area contributed by atoms with Crippen molar-refractivity contribution in [2.24, 2.45) is 0 Å². The van der Waals surface area contributed by atoms with Crippen molar-refractivity contribution in [3.05, 3.63) is 65.2 Å². The van der Waals surface area contributed by atoms with Crippen molar-refractivity contribution < 1.29 is 18.0 Å². The first kappa shape index (κ1) is 27.7. The Morgan fingerprint density at radius 1 is 1.03 bits per heavy atom. The van der Waals surface area contributed by atoms with Crippen LogP contribution in [0.1, 0.15) is 45.1 Å². The van der Waals surface area contributed by atoms with Gasteiger partial charge in [0.1, 0.15) is 6.04 Å². The second kappa shape index (κ2) is 13.3. The summed E-state index contributed by atoms with van der Waals surface area (Å²) in [6.45, 7) is 4.63. The van der Waals surface area contributed by atoms with Crippen LogP contribution in [-0.2, 0) is 26.2 Å². The van der Waals surface area contributed by atoms with Gasteiger partial charge in [0.05, 0.1) is 11.9 Å². The SMILES string of the molecule is CCCCNC(=O)[C@H](C)N(Cc1ccccc1Cl)C(=O)CCCN(c1ccccc1)S(C)(=O)=O. The molecule has 2 amide bonds. The molecule has 0 bridgehead atoms. The number of hydrogen-bond acceptors (Lipinski definition) is 4. The molecule has 1 atom stereocenters. The number of nitrogens with one attached hydrogen (secondary N) is 1. The Kier molecular flexibility index (Phi) is 10.9. The molecule has 0 aromatic heterocycles. The number of amides is 2. The monoisotopic (exact) mass is 507 g/mol. The highest BCUT2D eigenvalue weighted by Crippen LogP contribution is 2.21. The van der Waals surface area contributed by atoms with E-state index in [1.165, 1.54) is 9.21 Å². The van der Waals surface area contributed by atoms with Gasteiger partial charge in [0.25, 0.3) is 0 Å². The minimum absolute atomic E-state index is 0.0931. The van der Waals surface area contributed by atoms with E-state index in [-0.39, 0.29) is 31.3 Å². The molecule has 9 heteroatoms. The Bertz CT molecular complexity index is 1050. The smallest absolute Gasteiger partial charge is 0.242 e. The largest absolute Gasteiger partial charge is 0.354 e. The molecule has 0 heterocycles. The molecule has 2 aromatic carbocycles. The van der Waals surface area contributed by atoms with E-state index >= 15 is 0 Å². The first-order valence-corrected chi connectivity index (χ1v) is 13.7. The number of sulfonamides is 1. The third kappa shape index (κ3) is 8.33. The summed E-state index contributed by atoms with van der Waals surface area (Å²) in [7, 11) is -3.51. The molecular formula is C25H34ClN3O4S. The van der Waals surface area contributed by atoms with E-state index in [9.17, 15) is 18.0 Å². The molecule has 0 fully saturated rings. The zero-order valence-corrected chi connectivity index (χ0v) is 21.6. The van der Waals surface area contributed by atoms with Gasteiger partial charge >= 0.3 is 0 Å². The predicted octanol–water partition coefficient (Wildman–Crippen LogP) is 4.22. The van der Waals surface area contributed by atoms with E-state index in [1.807, 2.05) is 31.2 Å². The molecule has 0 aliphatic carbocycles. The summed E-state index contributed by atoms with van der Waals surface area (Å²) in [6, 6.07) is 15.3. The van der Waals surface area contributed by atoms with Gasteiger partial charge in [0.2, 0.25) is 21.8 Å². The third-order valence-electron chi connectivity index (χ3n) is 5.49. The summed E-state index contributed by atoms with van der Waals surface area (Å²) in [5.41, 5.74) is 1.29. The molecule has 0 spiro atoms.